The fourth-order valence-corrected chi connectivity index (χ4v) is 1.25. The SMILES string of the molecule is COc1cc(-n2cc(C=O)nn2)ncc1C#N. The van der Waals surface area contributed by atoms with Gasteiger partial charge in [0.25, 0.3) is 0 Å². The van der Waals surface area contributed by atoms with E-state index in [9.17, 15) is 4.79 Å². The highest BCUT2D eigenvalue weighted by Gasteiger charge is 2.08. The third-order valence-electron chi connectivity index (χ3n) is 2.06. The van der Waals surface area contributed by atoms with Crippen LogP contribution in [0.25, 0.3) is 5.82 Å². The zero-order valence-electron chi connectivity index (χ0n) is 8.86. The summed E-state index contributed by atoms with van der Waals surface area (Å²) in [6.07, 6.45) is 3.39. The van der Waals surface area contributed by atoms with Gasteiger partial charge in [-0.15, -0.1) is 5.10 Å². The fraction of sp³-hybridized carbons (Fsp3) is 0.100. The minimum atomic E-state index is 0.204. The Balaban J connectivity index is 2.46. The summed E-state index contributed by atoms with van der Waals surface area (Å²) in [4.78, 5) is 14.5. The molecule has 0 N–H and O–H groups in total. The van der Waals surface area contributed by atoms with Crippen molar-refractivity contribution in [3.63, 3.8) is 0 Å². The van der Waals surface area contributed by atoms with Crippen molar-refractivity contribution in [3.05, 3.63) is 29.7 Å². The van der Waals surface area contributed by atoms with E-state index >= 15 is 0 Å². The Morgan fingerprint density at radius 3 is 3.00 bits per heavy atom. The highest BCUT2D eigenvalue weighted by molar-refractivity contribution is 5.70. The van der Waals surface area contributed by atoms with E-state index in [2.05, 4.69) is 15.3 Å². The molecule has 0 atom stereocenters. The van der Waals surface area contributed by atoms with E-state index in [0.717, 1.165) is 0 Å². The fourth-order valence-electron chi connectivity index (χ4n) is 1.25. The Bertz CT molecular complexity index is 599. The normalized spacial score (nSPS) is 9.65. The van der Waals surface area contributed by atoms with Crippen molar-refractivity contribution >= 4 is 6.29 Å². The lowest BCUT2D eigenvalue weighted by molar-refractivity contribution is 0.111. The highest BCUT2D eigenvalue weighted by atomic mass is 16.5. The van der Waals surface area contributed by atoms with Gasteiger partial charge in [0, 0.05) is 6.07 Å². The molecular formula is C10H7N5O2. The van der Waals surface area contributed by atoms with Gasteiger partial charge < -0.3 is 4.74 Å². The second kappa shape index (κ2) is 4.40. The smallest absolute Gasteiger partial charge is 0.171 e. The monoisotopic (exact) mass is 229 g/mol. The Labute approximate surface area is 96.3 Å². The summed E-state index contributed by atoms with van der Waals surface area (Å²) in [5, 5.41) is 16.1. The van der Waals surface area contributed by atoms with Crippen molar-refractivity contribution in [2.75, 3.05) is 7.11 Å². The summed E-state index contributed by atoms with van der Waals surface area (Å²) >= 11 is 0. The average molecular weight is 229 g/mol. The lowest BCUT2D eigenvalue weighted by Gasteiger charge is -2.04. The number of pyridine rings is 1. The van der Waals surface area contributed by atoms with E-state index in [1.165, 1.54) is 24.2 Å². The number of methoxy groups -OCH3 is 1. The zero-order chi connectivity index (χ0) is 12.3. The van der Waals surface area contributed by atoms with Crippen LogP contribution in [0.15, 0.2) is 18.5 Å². The molecule has 0 aliphatic carbocycles. The van der Waals surface area contributed by atoms with E-state index in [1.807, 2.05) is 6.07 Å². The number of carbonyl (C=O) groups is 1. The number of aldehydes is 1. The van der Waals surface area contributed by atoms with Gasteiger partial charge in [-0.05, 0) is 0 Å². The minimum Gasteiger partial charge on any atom is -0.495 e. The summed E-state index contributed by atoms with van der Waals surface area (Å²) in [5.74, 6) is 0.808. The van der Waals surface area contributed by atoms with Crippen molar-refractivity contribution < 1.29 is 9.53 Å². The average Bonchev–Trinajstić information content (AvgIpc) is 2.86. The molecule has 0 amide bonds. The van der Waals surface area contributed by atoms with Crippen LogP contribution >= 0.6 is 0 Å². The Hall–Kier alpha value is -2.75. The Kier molecular flexibility index (Phi) is 2.79. The number of ether oxygens (including phenoxy) is 1. The van der Waals surface area contributed by atoms with Crippen LogP contribution in [-0.4, -0.2) is 33.4 Å². The molecule has 2 aromatic heterocycles. The molecule has 0 saturated carbocycles. The number of hydrogen-bond acceptors (Lipinski definition) is 6. The van der Waals surface area contributed by atoms with Crippen LogP contribution in [-0.2, 0) is 0 Å². The van der Waals surface area contributed by atoms with Crippen LogP contribution < -0.4 is 4.74 Å². The van der Waals surface area contributed by atoms with Gasteiger partial charge in [0.15, 0.2) is 12.1 Å². The maximum absolute atomic E-state index is 10.5. The highest BCUT2D eigenvalue weighted by Crippen LogP contribution is 2.18. The molecule has 7 heteroatoms. The molecule has 17 heavy (non-hydrogen) atoms. The quantitative estimate of drug-likeness (QED) is 0.705. The van der Waals surface area contributed by atoms with Gasteiger partial charge in [-0.2, -0.15) is 5.26 Å². The molecule has 0 spiro atoms. The molecule has 0 fully saturated rings. The number of aromatic nitrogens is 4. The molecule has 0 aliphatic heterocycles. The van der Waals surface area contributed by atoms with Gasteiger partial charge in [-0.3, -0.25) is 4.79 Å². The minimum absolute atomic E-state index is 0.204. The lowest BCUT2D eigenvalue weighted by Crippen LogP contribution is -2.00. The predicted octanol–water partition coefficient (Wildman–Crippen LogP) is 0.355. The van der Waals surface area contributed by atoms with Gasteiger partial charge in [0.1, 0.15) is 23.1 Å². The standard InChI is InChI=1S/C10H7N5O2/c1-17-9-2-10(12-4-7(9)3-11)15-5-8(6-16)13-14-15/h2,4-6H,1H3. The zero-order valence-corrected chi connectivity index (χ0v) is 8.86. The topological polar surface area (TPSA) is 93.7 Å². The predicted molar refractivity (Wildman–Crippen MR) is 55.8 cm³/mol. The number of rotatable bonds is 3. The summed E-state index contributed by atoms with van der Waals surface area (Å²) in [7, 11) is 1.46. The molecular weight excluding hydrogens is 222 g/mol. The van der Waals surface area contributed by atoms with Crippen molar-refractivity contribution in [1.29, 1.82) is 5.26 Å². The van der Waals surface area contributed by atoms with Crippen molar-refractivity contribution in [3.8, 4) is 17.6 Å². The van der Waals surface area contributed by atoms with Gasteiger partial charge in [-0.25, -0.2) is 9.67 Å². The van der Waals surface area contributed by atoms with Crippen LogP contribution in [0.2, 0.25) is 0 Å². The second-order valence-electron chi connectivity index (χ2n) is 3.06. The number of carbonyl (C=O) groups excluding carboxylic acids is 1. The summed E-state index contributed by atoms with van der Waals surface area (Å²) < 4.78 is 6.36. The molecule has 0 aliphatic rings. The van der Waals surface area contributed by atoms with Gasteiger partial charge in [-0.1, -0.05) is 5.21 Å². The maximum atomic E-state index is 10.5. The van der Waals surface area contributed by atoms with E-state index < -0.39 is 0 Å². The van der Waals surface area contributed by atoms with Crippen LogP contribution in [0.3, 0.4) is 0 Å². The Morgan fingerprint density at radius 1 is 1.59 bits per heavy atom. The molecule has 7 nitrogen and oxygen atoms in total. The van der Waals surface area contributed by atoms with Gasteiger partial charge in [0.05, 0.1) is 19.5 Å². The summed E-state index contributed by atoms with van der Waals surface area (Å²) in [6.45, 7) is 0. The third-order valence-corrected chi connectivity index (χ3v) is 2.06. The van der Waals surface area contributed by atoms with Crippen LogP contribution in [0.1, 0.15) is 16.1 Å². The van der Waals surface area contributed by atoms with E-state index in [1.54, 1.807) is 6.07 Å². The van der Waals surface area contributed by atoms with Crippen molar-refractivity contribution in [2.24, 2.45) is 0 Å². The molecule has 0 radical (unpaired) electrons. The van der Waals surface area contributed by atoms with Crippen molar-refractivity contribution in [2.45, 2.75) is 0 Å². The first-order valence-corrected chi connectivity index (χ1v) is 4.60. The van der Waals surface area contributed by atoms with E-state index in [4.69, 9.17) is 10.00 Å². The van der Waals surface area contributed by atoms with Gasteiger partial charge >= 0.3 is 0 Å². The largest absolute Gasteiger partial charge is 0.495 e. The Morgan fingerprint density at radius 2 is 2.41 bits per heavy atom. The van der Waals surface area contributed by atoms with Crippen LogP contribution in [0.5, 0.6) is 5.75 Å². The molecule has 0 unspecified atom stereocenters. The third kappa shape index (κ3) is 1.96. The molecule has 2 aromatic rings. The molecule has 2 rings (SSSR count). The van der Waals surface area contributed by atoms with Crippen molar-refractivity contribution in [1.82, 2.24) is 20.0 Å². The first-order chi connectivity index (χ1) is 8.28. The maximum Gasteiger partial charge on any atom is 0.171 e. The van der Waals surface area contributed by atoms with Crippen LogP contribution in [0.4, 0.5) is 0 Å². The second-order valence-corrected chi connectivity index (χ2v) is 3.06. The lowest BCUT2D eigenvalue weighted by atomic mass is 10.3. The van der Waals surface area contributed by atoms with E-state index in [0.29, 0.717) is 23.4 Å². The molecule has 0 saturated heterocycles. The molecule has 0 bridgehead atoms. The van der Waals surface area contributed by atoms with Crippen LogP contribution in [0, 0.1) is 11.3 Å². The summed E-state index contributed by atoms with van der Waals surface area (Å²) in [5.41, 5.74) is 0.530. The number of hydrogen-bond donors (Lipinski definition) is 0. The number of nitriles is 1. The van der Waals surface area contributed by atoms with E-state index in [-0.39, 0.29) is 5.69 Å². The summed E-state index contributed by atoms with van der Waals surface area (Å²) in [6, 6.07) is 3.50. The molecule has 2 heterocycles. The first-order valence-electron chi connectivity index (χ1n) is 4.60. The first kappa shape index (κ1) is 10.8. The molecule has 0 aromatic carbocycles. The van der Waals surface area contributed by atoms with Gasteiger partial charge in [0.2, 0.25) is 0 Å². The molecule has 84 valence electrons. The number of nitrogens with zero attached hydrogens (tertiary/aromatic N) is 5.